The number of hydrogen-bond acceptors (Lipinski definition) is 2. The Labute approximate surface area is 128 Å². The molecule has 1 aliphatic rings. The summed E-state index contributed by atoms with van der Waals surface area (Å²) in [5.74, 6) is 0.249. The molecule has 0 spiro atoms. The summed E-state index contributed by atoms with van der Waals surface area (Å²) in [5.41, 5.74) is 3.59. The number of aryl methyl sites for hydroxylation is 2. The van der Waals surface area contributed by atoms with Gasteiger partial charge in [-0.3, -0.25) is 4.79 Å². The summed E-state index contributed by atoms with van der Waals surface area (Å²) in [7, 11) is 0. The average molecular weight is 288 g/mol. The number of benzene rings is 1. The molecular formula is C18H28N2O. The summed E-state index contributed by atoms with van der Waals surface area (Å²) in [5, 5.41) is 3.53. The van der Waals surface area contributed by atoms with Crippen LogP contribution < -0.4 is 5.32 Å². The molecule has 1 aromatic carbocycles. The van der Waals surface area contributed by atoms with Crippen LogP contribution in [0.25, 0.3) is 0 Å². The molecule has 0 aliphatic carbocycles. The van der Waals surface area contributed by atoms with Crippen LogP contribution in [0.2, 0.25) is 0 Å². The van der Waals surface area contributed by atoms with E-state index >= 15 is 0 Å². The van der Waals surface area contributed by atoms with Gasteiger partial charge in [-0.05, 0) is 51.3 Å². The smallest absolute Gasteiger partial charge is 0.227 e. The first kappa shape index (κ1) is 16.0. The van der Waals surface area contributed by atoms with E-state index in [0.29, 0.717) is 12.5 Å². The van der Waals surface area contributed by atoms with Gasteiger partial charge in [0.25, 0.3) is 0 Å². The average Bonchev–Trinajstić information content (AvgIpc) is 2.49. The summed E-state index contributed by atoms with van der Waals surface area (Å²) in [4.78, 5) is 14.6. The minimum absolute atomic E-state index is 0.249. The van der Waals surface area contributed by atoms with E-state index in [1.54, 1.807) is 0 Å². The first-order valence-electron chi connectivity index (χ1n) is 8.17. The van der Waals surface area contributed by atoms with Gasteiger partial charge in [0.1, 0.15) is 0 Å². The lowest BCUT2D eigenvalue weighted by Crippen LogP contribution is -2.46. The van der Waals surface area contributed by atoms with Crippen LogP contribution in [0.15, 0.2) is 18.2 Å². The fraction of sp³-hybridized carbons (Fsp3) is 0.611. The molecule has 1 aromatic rings. The minimum atomic E-state index is 0.249. The van der Waals surface area contributed by atoms with Crippen LogP contribution in [-0.4, -0.2) is 36.5 Å². The number of nitrogens with zero attached hydrogens (tertiary/aromatic N) is 1. The molecule has 0 radical (unpaired) electrons. The number of carbonyl (C=O) groups excluding carboxylic acids is 1. The van der Waals surface area contributed by atoms with Crippen LogP contribution >= 0.6 is 0 Å². The van der Waals surface area contributed by atoms with E-state index in [2.05, 4.69) is 44.3 Å². The SMILES string of the molecule is CCN(CC1CCCCN1)C(=O)Cc1cc(C)ccc1C. The first-order chi connectivity index (χ1) is 10.1. The van der Waals surface area contributed by atoms with E-state index in [9.17, 15) is 4.79 Å². The lowest BCUT2D eigenvalue weighted by atomic mass is 10.0. The van der Waals surface area contributed by atoms with E-state index in [0.717, 1.165) is 25.2 Å². The second-order valence-electron chi connectivity index (χ2n) is 6.19. The Hall–Kier alpha value is -1.35. The molecule has 1 atom stereocenters. The van der Waals surface area contributed by atoms with Crippen LogP contribution in [0.5, 0.6) is 0 Å². The number of nitrogens with one attached hydrogen (secondary N) is 1. The summed E-state index contributed by atoms with van der Waals surface area (Å²) in [6.07, 6.45) is 4.25. The molecular weight excluding hydrogens is 260 g/mol. The van der Waals surface area contributed by atoms with Crippen molar-refractivity contribution < 1.29 is 4.79 Å². The van der Waals surface area contributed by atoms with Crippen molar-refractivity contribution in [3.63, 3.8) is 0 Å². The second-order valence-corrected chi connectivity index (χ2v) is 6.19. The summed E-state index contributed by atoms with van der Waals surface area (Å²) in [6.45, 7) is 8.97. The van der Waals surface area contributed by atoms with Gasteiger partial charge in [0, 0.05) is 19.1 Å². The highest BCUT2D eigenvalue weighted by atomic mass is 16.2. The third kappa shape index (κ3) is 4.57. The van der Waals surface area contributed by atoms with Crippen molar-refractivity contribution in [1.82, 2.24) is 10.2 Å². The Kier molecular flexibility index (Phi) is 5.80. The largest absolute Gasteiger partial charge is 0.341 e. The number of likely N-dealkylation sites (N-methyl/N-ethyl adjacent to an activating group) is 1. The van der Waals surface area contributed by atoms with Gasteiger partial charge in [0.2, 0.25) is 5.91 Å². The number of amides is 1. The zero-order valence-electron chi connectivity index (χ0n) is 13.6. The molecule has 21 heavy (non-hydrogen) atoms. The fourth-order valence-corrected chi connectivity index (χ4v) is 3.02. The van der Waals surface area contributed by atoms with Gasteiger partial charge in [-0.1, -0.05) is 30.2 Å². The maximum atomic E-state index is 12.6. The molecule has 2 rings (SSSR count). The molecule has 3 heteroatoms. The van der Waals surface area contributed by atoms with Crippen molar-refractivity contribution in [2.24, 2.45) is 0 Å². The second kappa shape index (κ2) is 7.60. The third-order valence-corrected chi connectivity index (χ3v) is 4.43. The molecule has 1 amide bonds. The highest BCUT2D eigenvalue weighted by Crippen LogP contribution is 2.14. The van der Waals surface area contributed by atoms with Crippen molar-refractivity contribution in [2.45, 2.75) is 52.5 Å². The monoisotopic (exact) mass is 288 g/mol. The molecule has 1 heterocycles. The van der Waals surface area contributed by atoms with E-state index in [1.807, 2.05) is 4.90 Å². The van der Waals surface area contributed by atoms with Crippen LogP contribution in [0.3, 0.4) is 0 Å². The van der Waals surface area contributed by atoms with Gasteiger partial charge in [-0.15, -0.1) is 0 Å². The molecule has 3 nitrogen and oxygen atoms in total. The molecule has 0 bridgehead atoms. The summed E-state index contributed by atoms with van der Waals surface area (Å²) in [6, 6.07) is 6.82. The molecule has 1 aliphatic heterocycles. The quantitative estimate of drug-likeness (QED) is 0.903. The summed E-state index contributed by atoms with van der Waals surface area (Å²) >= 11 is 0. The Balaban J connectivity index is 1.97. The molecule has 1 N–H and O–H groups in total. The lowest BCUT2D eigenvalue weighted by molar-refractivity contribution is -0.130. The number of rotatable bonds is 5. The van der Waals surface area contributed by atoms with Crippen LogP contribution in [0, 0.1) is 13.8 Å². The lowest BCUT2D eigenvalue weighted by Gasteiger charge is -2.30. The maximum absolute atomic E-state index is 12.6. The van der Waals surface area contributed by atoms with Crippen molar-refractivity contribution >= 4 is 5.91 Å². The van der Waals surface area contributed by atoms with Crippen molar-refractivity contribution in [3.8, 4) is 0 Å². The standard InChI is InChI=1S/C18H28N2O/c1-4-20(13-17-7-5-6-10-19-17)18(21)12-16-11-14(2)8-9-15(16)3/h8-9,11,17,19H,4-7,10,12-13H2,1-3H3. The van der Waals surface area contributed by atoms with Gasteiger partial charge in [0.05, 0.1) is 6.42 Å². The van der Waals surface area contributed by atoms with E-state index < -0.39 is 0 Å². The van der Waals surface area contributed by atoms with Crippen LogP contribution in [0.4, 0.5) is 0 Å². The topological polar surface area (TPSA) is 32.3 Å². The van der Waals surface area contributed by atoms with Crippen LogP contribution in [0.1, 0.15) is 42.9 Å². The highest BCUT2D eigenvalue weighted by molar-refractivity contribution is 5.79. The molecule has 1 fully saturated rings. The van der Waals surface area contributed by atoms with Gasteiger partial charge in [-0.25, -0.2) is 0 Å². The normalized spacial score (nSPS) is 18.5. The molecule has 0 aromatic heterocycles. The fourth-order valence-electron chi connectivity index (χ4n) is 3.02. The molecule has 1 unspecified atom stereocenters. The predicted molar refractivity (Wildman–Crippen MR) is 87.5 cm³/mol. The van der Waals surface area contributed by atoms with Crippen molar-refractivity contribution in [1.29, 1.82) is 0 Å². The van der Waals surface area contributed by atoms with Gasteiger partial charge in [-0.2, -0.15) is 0 Å². The van der Waals surface area contributed by atoms with E-state index in [-0.39, 0.29) is 5.91 Å². The van der Waals surface area contributed by atoms with E-state index in [1.165, 1.54) is 30.4 Å². The minimum Gasteiger partial charge on any atom is -0.341 e. The van der Waals surface area contributed by atoms with Gasteiger partial charge >= 0.3 is 0 Å². The third-order valence-electron chi connectivity index (χ3n) is 4.43. The molecule has 0 saturated carbocycles. The van der Waals surface area contributed by atoms with Crippen molar-refractivity contribution in [3.05, 3.63) is 34.9 Å². The zero-order chi connectivity index (χ0) is 15.2. The summed E-state index contributed by atoms with van der Waals surface area (Å²) < 4.78 is 0. The zero-order valence-corrected chi connectivity index (χ0v) is 13.6. The molecule has 1 saturated heterocycles. The van der Waals surface area contributed by atoms with Crippen LogP contribution in [-0.2, 0) is 11.2 Å². The van der Waals surface area contributed by atoms with Crippen molar-refractivity contribution in [2.75, 3.05) is 19.6 Å². The van der Waals surface area contributed by atoms with E-state index in [4.69, 9.17) is 0 Å². The van der Waals surface area contributed by atoms with Gasteiger partial charge < -0.3 is 10.2 Å². The number of carbonyl (C=O) groups is 1. The van der Waals surface area contributed by atoms with Gasteiger partial charge in [0.15, 0.2) is 0 Å². The Morgan fingerprint density at radius 2 is 2.14 bits per heavy atom. The molecule has 116 valence electrons. The Morgan fingerprint density at radius 1 is 1.33 bits per heavy atom. The Morgan fingerprint density at radius 3 is 2.81 bits per heavy atom. The highest BCUT2D eigenvalue weighted by Gasteiger charge is 2.19. The number of piperidine rings is 1. The Bertz CT molecular complexity index is 478. The predicted octanol–water partition coefficient (Wildman–Crippen LogP) is 2.84. The maximum Gasteiger partial charge on any atom is 0.227 e. The first-order valence-corrected chi connectivity index (χ1v) is 8.17. The number of hydrogen-bond donors (Lipinski definition) is 1.